The molecule has 2 aromatic rings. The summed E-state index contributed by atoms with van der Waals surface area (Å²) in [4.78, 5) is 24.7. The van der Waals surface area contributed by atoms with E-state index in [2.05, 4.69) is 5.32 Å². The van der Waals surface area contributed by atoms with Gasteiger partial charge in [0, 0.05) is 17.0 Å². The second-order valence-electron chi connectivity index (χ2n) is 6.94. The van der Waals surface area contributed by atoms with E-state index >= 15 is 0 Å². The predicted octanol–water partition coefficient (Wildman–Crippen LogP) is 4.26. The van der Waals surface area contributed by atoms with E-state index in [0.717, 1.165) is 25.7 Å². The molecule has 0 saturated heterocycles. The van der Waals surface area contributed by atoms with E-state index in [4.69, 9.17) is 9.15 Å². The number of hydrogen-bond donors (Lipinski definition) is 1. The number of benzene rings is 1. The molecule has 5 nitrogen and oxygen atoms in total. The minimum atomic E-state index is -0.921. The predicted molar refractivity (Wildman–Crippen MR) is 95.4 cm³/mol. The first-order chi connectivity index (χ1) is 12.5. The van der Waals surface area contributed by atoms with E-state index in [0.29, 0.717) is 16.5 Å². The third kappa shape index (κ3) is 4.06. The normalized spacial score (nSPS) is 16.9. The molecule has 0 radical (unpaired) electrons. The smallest absolute Gasteiger partial charge is 0.375 e. The molecule has 3 rings (SSSR count). The van der Waals surface area contributed by atoms with Gasteiger partial charge in [-0.2, -0.15) is 0 Å². The molecule has 1 amide bonds. The fraction of sp³-hybridized carbons (Fsp3) is 0.500. The summed E-state index contributed by atoms with van der Waals surface area (Å²) in [6.07, 6.45) is 5.60. The van der Waals surface area contributed by atoms with Crippen LogP contribution in [0.5, 0.6) is 0 Å². The van der Waals surface area contributed by atoms with Gasteiger partial charge in [0.1, 0.15) is 11.4 Å². The zero-order valence-electron chi connectivity index (χ0n) is 15.1. The number of esters is 1. The Labute approximate surface area is 151 Å². The minimum absolute atomic E-state index is 0.000263. The summed E-state index contributed by atoms with van der Waals surface area (Å²) in [6, 6.07) is 4.19. The monoisotopic (exact) mass is 361 g/mol. The van der Waals surface area contributed by atoms with Gasteiger partial charge in [0.05, 0.1) is 0 Å². The van der Waals surface area contributed by atoms with Crippen molar-refractivity contribution in [1.82, 2.24) is 5.32 Å². The number of aryl methyl sites for hydroxylation is 1. The Morgan fingerprint density at radius 3 is 2.62 bits per heavy atom. The molecule has 0 aliphatic heterocycles. The molecule has 1 aromatic carbocycles. The Bertz CT molecular complexity index is 805. The summed E-state index contributed by atoms with van der Waals surface area (Å²) in [6.45, 7) is 3.21. The molecule has 0 bridgehead atoms. The lowest BCUT2D eigenvalue weighted by Gasteiger charge is -2.19. The van der Waals surface area contributed by atoms with E-state index in [-0.39, 0.29) is 17.7 Å². The molecule has 1 aromatic heterocycles. The molecule has 140 valence electrons. The Balaban J connectivity index is 1.65. The summed E-state index contributed by atoms with van der Waals surface area (Å²) < 4.78 is 24.1. The first-order valence-electron chi connectivity index (χ1n) is 9.15. The first kappa shape index (κ1) is 18.4. The average Bonchev–Trinajstić information content (AvgIpc) is 2.77. The van der Waals surface area contributed by atoms with Gasteiger partial charge in [0.15, 0.2) is 6.10 Å². The van der Waals surface area contributed by atoms with Crippen LogP contribution in [-0.2, 0) is 9.53 Å². The van der Waals surface area contributed by atoms with E-state index in [9.17, 15) is 14.0 Å². The second kappa shape index (κ2) is 7.89. The van der Waals surface area contributed by atoms with Crippen molar-refractivity contribution in [3.63, 3.8) is 0 Å². The number of rotatable bonds is 4. The number of furan rings is 1. The Morgan fingerprint density at radius 2 is 1.92 bits per heavy atom. The fourth-order valence-electron chi connectivity index (χ4n) is 3.40. The third-order valence-electron chi connectivity index (χ3n) is 4.94. The van der Waals surface area contributed by atoms with Crippen LogP contribution in [0.3, 0.4) is 0 Å². The number of halogens is 1. The van der Waals surface area contributed by atoms with Gasteiger partial charge in [-0.25, -0.2) is 9.18 Å². The zero-order valence-corrected chi connectivity index (χ0v) is 15.1. The van der Waals surface area contributed by atoms with Crippen molar-refractivity contribution in [3.05, 3.63) is 35.3 Å². The molecule has 1 aliphatic carbocycles. The lowest BCUT2D eigenvalue weighted by Crippen LogP contribution is -2.41. The van der Waals surface area contributed by atoms with E-state index in [1.165, 1.54) is 31.0 Å². The van der Waals surface area contributed by atoms with Crippen molar-refractivity contribution in [2.24, 2.45) is 0 Å². The topological polar surface area (TPSA) is 68.5 Å². The van der Waals surface area contributed by atoms with Gasteiger partial charge in [-0.15, -0.1) is 0 Å². The van der Waals surface area contributed by atoms with Crippen LogP contribution in [0.4, 0.5) is 4.39 Å². The van der Waals surface area contributed by atoms with Gasteiger partial charge in [0.25, 0.3) is 5.91 Å². The van der Waals surface area contributed by atoms with Crippen LogP contribution in [0.1, 0.15) is 61.6 Å². The van der Waals surface area contributed by atoms with E-state index in [1.54, 1.807) is 13.8 Å². The molecule has 1 heterocycles. The van der Waals surface area contributed by atoms with Crippen LogP contribution in [0.2, 0.25) is 0 Å². The van der Waals surface area contributed by atoms with Crippen molar-refractivity contribution < 1.29 is 23.1 Å². The maximum absolute atomic E-state index is 13.4. The molecule has 1 N–H and O–H groups in total. The summed E-state index contributed by atoms with van der Waals surface area (Å²) in [7, 11) is 0. The molecule has 26 heavy (non-hydrogen) atoms. The molecular weight excluding hydrogens is 337 g/mol. The van der Waals surface area contributed by atoms with Crippen molar-refractivity contribution in [3.8, 4) is 0 Å². The van der Waals surface area contributed by atoms with Crippen LogP contribution in [-0.4, -0.2) is 24.0 Å². The van der Waals surface area contributed by atoms with Gasteiger partial charge in [-0.05, 0) is 44.9 Å². The Hall–Kier alpha value is -2.37. The first-order valence-corrected chi connectivity index (χ1v) is 9.15. The fourth-order valence-corrected chi connectivity index (χ4v) is 3.40. The maximum atomic E-state index is 13.4. The van der Waals surface area contributed by atoms with Crippen molar-refractivity contribution in [1.29, 1.82) is 0 Å². The molecule has 1 fully saturated rings. The van der Waals surface area contributed by atoms with Crippen LogP contribution in [0, 0.1) is 12.7 Å². The lowest BCUT2D eigenvalue weighted by molar-refractivity contribution is -0.130. The number of nitrogens with one attached hydrogen (secondary N) is 1. The quantitative estimate of drug-likeness (QED) is 0.652. The van der Waals surface area contributed by atoms with Gasteiger partial charge in [-0.1, -0.05) is 25.7 Å². The Kier molecular flexibility index (Phi) is 5.59. The molecule has 0 unspecified atom stereocenters. The van der Waals surface area contributed by atoms with Crippen LogP contribution >= 0.6 is 0 Å². The standard InChI is InChI=1S/C20H24FNO4/c1-12-16-11-14(21)9-10-17(16)26-18(12)20(24)25-13(2)19(23)22-15-7-5-3-4-6-8-15/h9-11,13,15H,3-8H2,1-2H3,(H,22,23)/t13-/m1/s1. The van der Waals surface area contributed by atoms with Gasteiger partial charge >= 0.3 is 5.97 Å². The van der Waals surface area contributed by atoms with Crippen molar-refractivity contribution in [2.75, 3.05) is 0 Å². The van der Waals surface area contributed by atoms with Gasteiger partial charge in [-0.3, -0.25) is 4.79 Å². The zero-order chi connectivity index (χ0) is 18.7. The molecular formula is C20H24FNO4. The van der Waals surface area contributed by atoms with Gasteiger partial charge in [0.2, 0.25) is 5.76 Å². The molecule has 1 aliphatic rings. The maximum Gasteiger partial charge on any atom is 0.375 e. The van der Waals surface area contributed by atoms with Crippen LogP contribution < -0.4 is 5.32 Å². The highest BCUT2D eigenvalue weighted by Gasteiger charge is 2.25. The highest BCUT2D eigenvalue weighted by molar-refractivity contribution is 5.97. The molecule has 0 spiro atoms. The number of fused-ring (bicyclic) bond motifs is 1. The largest absolute Gasteiger partial charge is 0.449 e. The molecule has 6 heteroatoms. The van der Waals surface area contributed by atoms with Crippen molar-refractivity contribution >= 4 is 22.8 Å². The van der Waals surface area contributed by atoms with Crippen molar-refractivity contribution in [2.45, 2.75) is 64.5 Å². The number of amides is 1. The van der Waals surface area contributed by atoms with Crippen LogP contribution in [0.15, 0.2) is 22.6 Å². The minimum Gasteiger partial charge on any atom is -0.449 e. The van der Waals surface area contributed by atoms with E-state index in [1.807, 2.05) is 0 Å². The highest BCUT2D eigenvalue weighted by atomic mass is 19.1. The third-order valence-corrected chi connectivity index (χ3v) is 4.94. The Morgan fingerprint density at radius 1 is 1.23 bits per heavy atom. The average molecular weight is 361 g/mol. The summed E-state index contributed by atoms with van der Waals surface area (Å²) in [5, 5.41) is 3.49. The number of ether oxygens (including phenoxy) is 1. The molecule has 1 saturated carbocycles. The van der Waals surface area contributed by atoms with Crippen LogP contribution in [0.25, 0.3) is 11.0 Å². The highest BCUT2D eigenvalue weighted by Crippen LogP contribution is 2.27. The summed E-state index contributed by atoms with van der Waals surface area (Å²) >= 11 is 0. The number of carbonyl (C=O) groups excluding carboxylic acids is 2. The second-order valence-corrected chi connectivity index (χ2v) is 6.94. The SMILES string of the molecule is Cc1c(C(=O)O[C@H](C)C(=O)NC2CCCCCC2)oc2ccc(F)cc12. The lowest BCUT2D eigenvalue weighted by atomic mass is 10.1. The summed E-state index contributed by atoms with van der Waals surface area (Å²) in [5.74, 6) is -1.43. The number of hydrogen-bond acceptors (Lipinski definition) is 4. The van der Waals surface area contributed by atoms with Gasteiger partial charge < -0.3 is 14.5 Å². The van der Waals surface area contributed by atoms with E-state index < -0.39 is 17.9 Å². The molecule has 1 atom stereocenters. The number of carbonyl (C=O) groups is 2. The summed E-state index contributed by atoms with van der Waals surface area (Å²) in [5.41, 5.74) is 0.910.